The molecule has 0 saturated carbocycles. The molecule has 2 heterocycles. The third-order valence-corrected chi connectivity index (χ3v) is 6.08. The minimum Gasteiger partial charge on any atom is -0.478 e. The van der Waals surface area contributed by atoms with Crippen LogP contribution in [0.4, 0.5) is 0 Å². The van der Waals surface area contributed by atoms with Gasteiger partial charge in [0.05, 0.1) is 0 Å². The minimum absolute atomic E-state index is 0.104. The predicted octanol–water partition coefficient (Wildman–Crippen LogP) is 1.63. The fourth-order valence-electron chi connectivity index (χ4n) is 2.28. The molecule has 2 N–H and O–H groups in total. The van der Waals surface area contributed by atoms with Crippen LogP contribution in [-0.2, 0) is 10.0 Å². The van der Waals surface area contributed by atoms with Gasteiger partial charge in [0.25, 0.3) is 0 Å². The average molecular weight is 319 g/mol. The standard InChI is InChI=1S/C12H17NO5S2/c1-7-10(12(14)15)11(8(2)18-7)20(16,17)13-5-9-3-4-19-6-9/h9,13H,3-6H2,1-2H3,(H,14,15). The van der Waals surface area contributed by atoms with Crippen molar-refractivity contribution >= 4 is 27.8 Å². The van der Waals surface area contributed by atoms with E-state index in [1.165, 1.54) is 13.8 Å². The lowest BCUT2D eigenvalue weighted by Crippen LogP contribution is -2.30. The molecule has 1 unspecified atom stereocenters. The van der Waals surface area contributed by atoms with Crippen molar-refractivity contribution in [3.63, 3.8) is 0 Å². The molecule has 1 aliphatic heterocycles. The summed E-state index contributed by atoms with van der Waals surface area (Å²) in [6.45, 7) is 3.24. The van der Waals surface area contributed by atoms with E-state index in [-0.39, 0.29) is 22.0 Å². The highest BCUT2D eigenvalue weighted by Crippen LogP contribution is 2.27. The van der Waals surface area contributed by atoms with Gasteiger partial charge in [-0.1, -0.05) is 0 Å². The molecular weight excluding hydrogens is 302 g/mol. The summed E-state index contributed by atoms with van der Waals surface area (Å²) in [4.78, 5) is 11.0. The fourth-order valence-corrected chi connectivity index (χ4v) is 5.08. The van der Waals surface area contributed by atoms with E-state index in [0.29, 0.717) is 12.5 Å². The molecule has 0 amide bonds. The number of carboxylic acids is 1. The first-order chi connectivity index (χ1) is 9.33. The third-order valence-electron chi connectivity index (χ3n) is 3.27. The van der Waals surface area contributed by atoms with Crippen LogP contribution in [0, 0.1) is 19.8 Å². The van der Waals surface area contributed by atoms with Crippen LogP contribution >= 0.6 is 11.8 Å². The zero-order valence-electron chi connectivity index (χ0n) is 11.3. The van der Waals surface area contributed by atoms with Gasteiger partial charge < -0.3 is 9.52 Å². The van der Waals surface area contributed by atoms with Crippen LogP contribution in [0.1, 0.15) is 28.3 Å². The number of nitrogens with one attached hydrogen (secondary N) is 1. The summed E-state index contributed by atoms with van der Waals surface area (Å²) in [7, 11) is -3.87. The maximum absolute atomic E-state index is 12.3. The number of sulfonamides is 1. The number of carbonyl (C=O) groups is 1. The highest BCUT2D eigenvalue weighted by molar-refractivity contribution is 7.99. The molecule has 2 rings (SSSR count). The maximum atomic E-state index is 12.3. The molecule has 0 spiro atoms. The van der Waals surface area contributed by atoms with Crippen LogP contribution in [-0.4, -0.2) is 37.5 Å². The van der Waals surface area contributed by atoms with Gasteiger partial charge in [0.2, 0.25) is 10.0 Å². The number of aromatic carboxylic acids is 1. The van der Waals surface area contributed by atoms with Crippen LogP contribution in [0.3, 0.4) is 0 Å². The molecule has 8 heteroatoms. The van der Waals surface area contributed by atoms with E-state index in [4.69, 9.17) is 9.52 Å². The first-order valence-corrected chi connectivity index (χ1v) is 8.87. The SMILES string of the molecule is Cc1oc(C)c(S(=O)(=O)NCC2CCSC2)c1C(=O)O. The summed E-state index contributed by atoms with van der Waals surface area (Å²) in [5.74, 6) is 1.18. The Morgan fingerprint density at radius 3 is 2.70 bits per heavy atom. The highest BCUT2D eigenvalue weighted by Gasteiger charge is 2.31. The van der Waals surface area contributed by atoms with Crippen LogP contribution < -0.4 is 4.72 Å². The van der Waals surface area contributed by atoms with Crippen molar-refractivity contribution in [1.29, 1.82) is 0 Å². The molecule has 0 radical (unpaired) electrons. The summed E-state index contributed by atoms with van der Waals surface area (Å²) in [6.07, 6.45) is 0.975. The van der Waals surface area contributed by atoms with Crippen molar-refractivity contribution in [3.05, 3.63) is 17.1 Å². The van der Waals surface area contributed by atoms with Gasteiger partial charge >= 0.3 is 5.97 Å². The Kier molecular flexibility index (Phi) is 4.46. The molecule has 6 nitrogen and oxygen atoms in total. The molecule has 112 valence electrons. The summed E-state index contributed by atoms with van der Waals surface area (Å²) >= 11 is 1.80. The van der Waals surface area contributed by atoms with Gasteiger partial charge in [-0.15, -0.1) is 0 Å². The van der Waals surface area contributed by atoms with Crippen LogP contribution in [0.2, 0.25) is 0 Å². The topological polar surface area (TPSA) is 96.6 Å². The van der Waals surface area contributed by atoms with Crippen molar-refractivity contribution in [2.75, 3.05) is 18.1 Å². The van der Waals surface area contributed by atoms with Gasteiger partial charge in [-0.2, -0.15) is 11.8 Å². The lowest BCUT2D eigenvalue weighted by atomic mass is 10.1. The number of hydrogen-bond acceptors (Lipinski definition) is 5. The Morgan fingerprint density at radius 1 is 1.45 bits per heavy atom. The van der Waals surface area contributed by atoms with E-state index in [1.54, 1.807) is 11.8 Å². The van der Waals surface area contributed by atoms with Crippen LogP contribution in [0.5, 0.6) is 0 Å². The zero-order chi connectivity index (χ0) is 14.9. The quantitative estimate of drug-likeness (QED) is 0.856. The van der Waals surface area contributed by atoms with E-state index in [9.17, 15) is 13.2 Å². The lowest BCUT2D eigenvalue weighted by molar-refractivity contribution is 0.0691. The Balaban J connectivity index is 2.26. The first kappa shape index (κ1) is 15.4. The Bertz CT molecular complexity index is 614. The van der Waals surface area contributed by atoms with E-state index in [0.717, 1.165) is 17.9 Å². The van der Waals surface area contributed by atoms with E-state index >= 15 is 0 Å². The Hall–Kier alpha value is -0.990. The molecular formula is C12H17NO5S2. The molecule has 0 aliphatic carbocycles. The number of carboxylic acid groups (broad SMARTS) is 1. The van der Waals surface area contributed by atoms with Gasteiger partial charge in [-0.25, -0.2) is 17.9 Å². The van der Waals surface area contributed by atoms with E-state index in [1.807, 2.05) is 0 Å². The number of thioether (sulfide) groups is 1. The molecule has 1 saturated heterocycles. The lowest BCUT2D eigenvalue weighted by Gasteiger charge is -2.10. The van der Waals surface area contributed by atoms with Gasteiger partial charge in [0.1, 0.15) is 22.0 Å². The molecule has 1 aromatic heterocycles. The molecule has 1 aromatic rings. The van der Waals surface area contributed by atoms with Crippen LogP contribution in [0.25, 0.3) is 0 Å². The van der Waals surface area contributed by atoms with Crippen molar-refractivity contribution < 1.29 is 22.7 Å². The average Bonchev–Trinajstić information content (AvgIpc) is 2.94. The molecule has 0 bridgehead atoms. The van der Waals surface area contributed by atoms with Gasteiger partial charge in [0, 0.05) is 6.54 Å². The Labute approximate surface area is 122 Å². The van der Waals surface area contributed by atoms with Gasteiger partial charge in [0.15, 0.2) is 0 Å². The van der Waals surface area contributed by atoms with Crippen molar-refractivity contribution in [2.24, 2.45) is 5.92 Å². The zero-order valence-corrected chi connectivity index (χ0v) is 12.9. The largest absolute Gasteiger partial charge is 0.478 e. The molecule has 1 atom stereocenters. The number of hydrogen-bond donors (Lipinski definition) is 2. The fraction of sp³-hybridized carbons (Fsp3) is 0.583. The first-order valence-electron chi connectivity index (χ1n) is 6.23. The number of rotatable bonds is 5. The van der Waals surface area contributed by atoms with Gasteiger partial charge in [-0.05, 0) is 37.7 Å². The van der Waals surface area contributed by atoms with Crippen molar-refractivity contribution in [3.8, 4) is 0 Å². The monoisotopic (exact) mass is 319 g/mol. The smallest absolute Gasteiger partial charge is 0.340 e. The second-order valence-electron chi connectivity index (χ2n) is 4.81. The Morgan fingerprint density at radius 2 is 2.15 bits per heavy atom. The minimum atomic E-state index is -3.87. The van der Waals surface area contributed by atoms with E-state index in [2.05, 4.69) is 4.72 Å². The second kappa shape index (κ2) is 5.79. The summed E-state index contributed by atoms with van der Waals surface area (Å²) in [6, 6.07) is 0. The van der Waals surface area contributed by atoms with E-state index < -0.39 is 16.0 Å². The molecule has 0 aromatic carbocycles. The second-order valence-corrected chi connectivity index (χ2v) is 7.66. The summed E-state index contributed by atoms with van der Waals surface area (Å²) < 4.78 is 32.3. The summed E-state index contributed by atoms with van der Waals surface area (Å²) in [5, 5.41) is 9.15. The maximum Gasteiger partial charge on any atom is 0.340 e. The number of furan rings is 1. The molecule has 1 fully saturated rings. The third kappa shape index (κ3) is 3.02. The van der Waals surface area contributed by atoms with Crippen LogP contribution in [0.15, 0.2) is 9.31 Å². The van der Waals surface area contributed by atoms with Gasteiger partial charge in [-0.3, -0.25) is 0 Å². The van der Waals surface area contributed by atoms with Crippen molar-refractivity contribution in [2.45, 2.75) is 25.2 Å². The predicted molar refractivity (Wildman–Crippen MR) is 75.8 cm³/mol. The van der Waals surface area contributed by atoms with Crippen molar-refractivity contribution in [1.82, 2.24) is 4.72 Å². The number of aryl methyl sites for hydroxylation is 2. The normalized spacial score (nSPS) is 19.4. The molecule has 1 aliphatic rings. The highest BCUT2D eigenvalue weighted by atomic mass is 32.2. The molecule has 20 heavy (non-hydrogen) atoms. The summed E-state index contributed by atoms with van der Waals surface area (Å²) in [5.41, 5.74) is -0.282.